The van der Waals surface area contributed by atoms with Gasteiger partial charge in [-0.05, 0) is 20.8 Å². The van der Waals surface area contributed by atoms with E-state index in [0.29, 0.717) is 11.4 Å². The lowest BCUT2D eigenvalue weighted by Gasteiger charge is -2.20. The highest BCUT2D eigenvalue weighted by Gasteiger charge is 2.09. The lowest BCUT2D eigenvalue weighted by atomic mass is 10.3. The molecule has 1 aromatic heterocycles. The maximum atomic E-state index is 10.8. The molecule has 0 aliphatic heterocycles. The van der Waals surface area contributed by atoms with E-state index in [9.17, 15) is 4.79 Å². The predicted octanol–water partition coefficient (Wildman–Crippen LogP) is 1.44. The van der Waals surface area contributed by atoms with Gasteiger partial charge in [-0.3, -0.25) is 4.79 Å². The maximum Gasteiger partial charge on any atom is 0.155 e. The van der Waals surface area contributed by atoms with Crippen molar-refractivity contribution < 1.29 is 4.79 Å². The van der Waals surface area contributed by atoms with Crippen molar-refractivity contribution in [3.8, 4) is 0 Å². The molecule has 1 aromatic rings. The van der Waals surface area contributed by atoms with Crippen LogP contribution in [0.2, 0.25) is 0 Å². The summed E-state index contributed by atoms with van der Waals surface area (Å²) in [6, 6.07) is 0. The first kappa shape index (κ1) is 10.6. The molecule has 4 heteroatoms. The number of hydrogen-bond donors (Lipinski definition) is 0. The van der Waals surface area contributed by atoms with Crippen LogP contribution in [0.15, 0.2) is 6.20 Å². The molecule has 0 saturated carbocycles. The van der Waals surface area contributed by atoms with Gasteiger partial charge in [0, 0.05) is 19.3 Å². The number of aldehydes is 1. The number of carbonyl (C=O) groups is 1. The van der Waals surface area contributed by atoms with Gasteiger partial charge in [0.1, 0.15) is 11.6 Å². The van der Waals surface area contributed by atoms with Crippen molar-refractivity contribution in [3.05, 3.63) is 17.6 Å². The lowest BCUT2D eigenvalue weighted by molar-refractivity contribution is 0.112. The molecule has 0 amide bonds. The lowest BCUT2D eigenvalue weighted by Crippen LogP contribution is -2.24. The molecule has 0 radical (unpaired) electrons. The minimum Gasteiger partial charge on any atom is -0.356 e. The van der Waals surface area contributed by atoms with Crippen molar-refractivity contribution in [2.75, 3.05) is 18.0 Å². The number of aromatic nitrogens is 2. The van der Waals surface area contributed by atoms with Crippen molar-refractivity contribution >= 4 is 12.1 Å². The summed E-state index contributed by atoms with van der Waals surface area (Å²) in [6.45, 7) is 7.58. The van der Waals surface area contributed by atoms with Gasteiger partial charge in [-0.15, -0.1) is 0 Å². The van der Waals surface area contributed by atoms with E-state index in [0.717, 1.165) is 25.2 Å². The largest absolute Gasteiger partial charge is 0.356 e. The Labute approximate surface area is 84.0 Å². The van der Waals surface area contributed by atoms with E-state index in [1.807, 2.05) is 25.7 Å². The first-order valence-corrected chi connectivity index (χ1v) is 4.76. The summed E-state index contributed by atoms with van der Waals surface area (Å²) in [6.07, 6.45) is 2.37. The highest BCUT2D eigenvalue weighted by molar-refractivity contribution is 5.82. The third-order valence-corrected chi connectivity index (χ3v) is 2.11. The molecule has 1 heterocycles. The molecule has 14 heavy (non-hydrogen) atoms. The number of aryl methyl sites for hydroxylation is 1. The zero-order valence-electron chi connectivity index (χ0n) is 8.82. The van der Waals surface area contributed by atoms with Gasteiger partial charge in [0.2, 0.25) is 0 Å². The van der Waals surface area contributed by atoms with Crippen LogP contribution >= 0.6 is 0 Å². The van der Waals surface area contributed by atoms with Gasteiger partial charge in [0.05, 0.1) is 5.56 Å². The summed E-state index contributed by atoms with van der Waals surface area (Å²) in [5, 5.41) is 0. The zero-order valence-corrected chi connectivity index (χ0v) is 8.82. The van der Waals surface area contributed by atoms with E-state index >= 15 is 0 Å². The van der Waals surface area contributed by atoms with Crippen LogP contribution in [0.1, 0.15) is 30.0 Å². The highest BCUT2D eigenvalue weighted by Crippen LogP contribution is 2.14. The predicted molar refractivity (Wildman–Crippen MR) is 55.7 cm³/mol. The fourth-order valence-electron chi connectivity index (χ4n) is 1.33. The van der Waals surface area contributed by atoms with E-state index in [4.69, 9.17) is 0 Å². The Kier molecular flexibility index (Phi) is 3.56. The Morgan fingerprint density at radius 3 is 2.57 bits per heavy atom. The van der Waals surface area contributed by atoms with Crippen molar-refractivity contribution in [3.63, 3.8) is 0 Å². The molecule has 4 nitrogen and oxygen atoms in total. The summed E-state index contributed by atoms with van der Waals surface area (Å²) >= 11 is 0. The average molecular weight is 193 g/mol. The van der Waals surface area contributed by atoms with Crippen LogP contribution in [0.4, 0.5) is 5.82 Å². The van der Waals surface area contributed by atoms with E-state index < -0.39 is 0 Å². The van der Waals surface area contributed by atoms with Gasteiger partial charge in [0.25, 0.3) is 0 Å². The van der Waals surface area contributed by atoms with Crippen LogP contribution in [-0.2, 0) is 0 Å². The molecule has 76 valence electrons. The van der Waals surface area contributed by atoms with E-state index in [2.05, 4.69) is 9.97 Å². The molecule has 0 atom stereocenters. The molecule has 0 saturated heterocycles. The summed E-state index contributed by atoms with van der Waals surface area (Å²) in [5.41, 5.74) is 0.555. The Morgan fingerprint density at radius 1 is 1.43 bits per heavy atom. The van der Waals surface area contributed by atoms with Gasteiger partial charge in [-0.25, -0.2) is 9.97 Å². The van der Waals surface area contributed by atoms with Crippen LogP contribution in [0.25, 0.3) is 0 Å². The molecule has 0 aromatic carbocycles. The molecule has 0 aliphatic carbocycles. The van der Waals surface area contributed by atoms with Crippen molar-refractivity contribution in [1.82, 2.24) is 9.97 Å². The number of anilines is 1. The maximum absolute atomic E-state index is 10.8. The molecule has 0 unspecified atom stereocenters. The van der Waals surface area contributed by atoms with Crippen LogP contribution < -0.4 is 4.90 Å². The SMILES string of the molecule is CCN(CC)c1nc(C)ncc1C=O. The van der Waals surface area contributed by atoms with Crippen LogP contribution in [0, 0.1) is 6.92 Å². The standard InChI is InChI=1S/C10H15N3O/c1-4-13(5-2)10-9(7-14)6-11-8(3)12-10/h6-7H,4-5H2,1-3H3. The minimum atomic E-state index is 0.555. The number of nitrogens with zero attached hydrogens (tertiary/aromatic N) is 3. The number of carbonyl (C=O) groups excluding carboxylic acids is 1. The molecular formula is C10H15N3O. The van der Waals surface area contributed by atoms with Crippen molar-refractivity contribution in [2.24, 2.45) is 0 Å². The van der Waals surface area contributed by atoms with Gasteiger partial charge in [0.15, 0.2) is 6.29 Å². The molecule has 0 bridgehead atoms. The minimum absolute atomic E-state index is 0.555. The Balaban J connectivity index is 3.14. The van der Waals surface area contributed by atoms with Gasteiger partial charge in [-0.2, -0.15) is 0 Å². The monoisotopic (exact) mass is 193 g/mol. The second-order valence-corrected chi connectivity index (χ2v) is 2.99. The van der Waals surface area contributed by atoms with E-state index in [1.54, 1.807) is 6.20 Å². The van der Waals surface area contributed by atoms with Crippen LogP contribution in [-0.4, -0.2) is 29.3 Å². The molecule has 1 rings (SSSR count). The van der Waals surface area contributed by atoms with E-state index in [1.165, 1.54) is 0 Å². The molecule has 0 N–H and O–H groups in total. The summed E-state index contributed by atoms with van der Waals surface area (Å²) < 4.78 is 0. The number of hydrogen-bond acceptors (Lipinski definition) is 4. The van der Waals surface area contributed by atoms with Gasteiger partial charge < -0.3 is 4.90 Å². The topological polar surface area (TPSA) is 46.1 Å². The van der Waals surface area contributed by atoms with E-state index in [-0.39, 0.29) is 0 Å². The van der Waals surface area contributed by atoms with Gasteiger partial charge in [-0.1, -0.05) is 0 Å². The highest BCUT2D eigenvalue weighted by atomic mass is 16.1. The third kappa shape index (κ3) is 2.07. The van der Waals surface area contributed by atoms with Crippen molar-refractivity contribution in [2.45, 2.75) is 20.8 Å². The number of rotatable bonds is 4. The Hall–Kier alpha value is -1.45. The fraction of sp³-hybridized carbons (Fsp3) is 0.500. The molecule has 0 fully saturated rings. The first-order valence-electron chi connectivity index (χ1n) is 4.76. The third-order valence-electron chi connectivity index (χ3n) is 2.11. The second kappa shape index (κ2) is 4.69. The normalized spacial score (nSPS) is 9.93. The average Bonchev–Trinajstić information content (AvgIpc) is 2.20. The first-order chi connectivity index (χ1) is 6.72. The van der Waals surface area contributed by atoms with Crippen molar-refractivity contribution in [1.29, 1.82) is 0 Å². The van der Waals surface area contributed by atoms with Crippen LogP contribution in [0.3, 0.4) is 0 Å². The smallest absolute Gasteiger partial charge is 0.155 e. The molecule has 0 aliphatic rings. The van der Waals surface area contributed by atoms with Crippen LogP contribution in [0.5, 0.6) is 0 Å². The molecular weight excluding hydrogens is 178 g/mol. The molecule has 0 spiro atoms. The Bertz CT molecular complexity index is 321. The summed E-state index contributed by atoms with van der Waals surface area (Å²) in [5.74, 6) is 1.43. The Morgan fingerprint density at radius 2 is 2.07 bits per heavy atom. The zero-order chi connectivity index (χ0) is 10.6. The summed E-state index contributed by atoms with van der Waals surface area (Å²) in [7, 11) is 0. The fourth-order valence-corrected chi connectivity index (χ4v) is 1.33. The van der Waals surface area contributed by atoms with Gasteiger partial charge >= 0.3 is 0 Å². The second-order valence-electron chi connectivity index (χ2n) is 2.99. The quantitative estimate of drug-likeness (QED) is 0.679. The summed E-state index contributed by atoms with van der Waals surface area (Å²) in [4.78, 5) is 21.1.